The summed E-state index contributed by atoms with van der Waals surface area (Å²) >= 11 is 0. The number of aliphatic hydroxyl groups is 2. The third-order valence-corrected chi connectivity index (χ3v) is 2.69. The molecule has 0 aliphatic carbocycles. The Labute approximate surface area is 117 Å². The lowest BCUT2D eigenvalue weighted by Crippen LogP contribution is -2.01. The standard InChI is InChI=1S/C17H26O2/c1-2-3-4-8-11-14-17(19)15-12-9-6-5-7-10-13-16-18/h12,15,17-19H,2-4,8,10-11,13-14,16H2,1H3/t17-/m0/s1. The summed E-state index contributed by atoms with van der Waals surface area (Å²) in [6.07, 6.45) is 11.2. The Morgan fingerprint density at radius 1 is 1.05 bits per heavy atom. The van der Waals surface area contributed by atoms with Crippen molar-refractivity contribution in [1.82, 2.24) is 0 Å². The number of rotatable bonds is 9. The molecular weight excluding hydrogens is 236 g/mol. The molecule has 0 aromatic carbocycles. The van der Waals surface area contributed by atoms with Crippen LogP contribution < -0.4 is 0 Å². The minimum Gasteiger partial charge on any atom is -0.396 e. The molecular formula is C17H26O2. The first-order valence-corrected chi connectivity index (χ1v) is 7.25. The van der Waals surface area contributed by atoms with Crippen LogP contribution in [-0.2, 0) is 0 Å². The minimum atomic E-state index is -0.390. The Morgan fingerprint density at radius 2 is 1.84 bits per heavy atom. The van der Waals surface area contributed by atoms with Crippen molar-refractivity contribution in [2.45, 2.75) is 64.4 Å². The molecule has 0 heterocycles. The van der Waals surface area contributed by atoms with Crippen LogP contribution in [0.15, 0.2) is 12.2 Å². The first-order chi connectivity index (χ1) is 9.31. The quantitative estimate of drug-likeness (QED) is 0.495. The van der Waals surface area contributed by atoms with Crippen molar-refractivity contribution in [1.29, 1.82) is 0 Å². The lowest BCUT2D eigenvalue weighted by molar-refractivity contribution is 0.208. The molecule has 2 heteroatoms. The van der Waals surface area contributed by atoms with Crippen LogP contribution >= 0.6 is 0 Å². The van der Waals surface area contributed by atoms with Crippen molar-refractivity contribution in [3.8, 4) is 23.7 Å². The first kappa shape index (κ1) is 17.8. The van der Waals surface area contributed by atoms with Gasteiger partial charge >= 0.3 is 0 Å². The molecule has 0 fully saturated rings. The second kappa shape index (κ2) is 14.8. The van der Waals surface area contributed by atoms with Crippen LogP contribution in [0.4, 0.5) is 0 Å². The summed E-state index contributed by atoms with van der Waals surface area (Å²) in [6, 6.07) is 0. The van der Waals surface area contributed by atoms with Crippen LogP contribution in [0.5, 0.6) is 0 Å². The number of aliphatic hydroxyl groups excluding tert-OH is 2. The third kappa shape index (κ3) is 14.7. The lowest BCUT2D eigenvalue weighted by Gasteiger charge is -2.03. The maximum atomic E-state index is 9.66. The average molecular weight is 262 g/mol. The van der Waals surface area contributed by atoms with Crippen LogP contribution in [0.25, 0.3) is 0 Å². The predicted molar refractivity (Wildman–Crippen MR) is 80.4 cm³/mol. The van der Waals surface area contributed by atoms with E-state index < -0.39 is 6.10 Å². The first-order valence-electron chi connectivity index (χ1n) is 7.25. The molecule has 0 aromatic rings. The van der Waals surface area contributed by atoms with E-state index in [0.717, 1.165) is 12.8 Å². The molecule has 2 N–H and O–H groups in total. The van der Waals surface area contributed by atoms with E-state index in [4.69, 9.17) is 5.11 Å². The summed E-state index contributed by atoms with van der Waals surface area (Å²) in [5.41, 5.74) is 0. The molecule has 0 bridgehead atoms. The summed E-state index contributed by atoms with van der Waals surface area (Å²) in [6.45, 7) is 2.37. The van der Waals surface area contributed by atoms with E-state index in [9.17, 15) is 5.11 Å². The lowest BCUT2D eigenvalue weighted by atomic mass is 10.1. The summed E-state index contributed by atoms with van der Waals surface area (Å²) in [4.78, 5) is 0. The van der Waals surface area contributed by atoms with Gasteiger partial charge < -0.3 is 10.2 Å². The van der Waals surface area contributed by atoms with Crippen LogP contribution in [0, 0.1) is 23.7 Å². The van der Waals surface area contributed by atoms with Crippen molar-refractivity contribution in [2.75, 3.05) is 6.61 Å². The van der Waals surface area contributed by atoms with Gasteiger partial charge in [-0.15, -0.1) is 0 Å². The molecule has 0 rings (SSSR count). The molecule has 0 amide bonds. The van der Waals surface area contributed by atoms with E-state index in [1.54, 1.807) is 12.2 Å². The Balaban J connectivity index is 3.62. The van der Waals surface area contributed by atoms with Crippen LogP contribution in [0.3, 0.4) is 0 Å². The molecule has 0 unspecified atom stereocenters. The highest BCUT2D eigenvalue weighted by Crippen LogP contribution is 2.07. The van der Waals surface area contributed by atoms with Gasteiger partial charge in [0.05, 0.1) is 6.10 Å². The fraction of sp³-hybridized carbons (Fsp3) is 0.647. The summed E-state index contributed by atoms with van der Waals surface area (Å²) in [5.74, 6) is 11.0. The zero-order valence-electron chi connectivity index (χ0n) is 12.0. The maximum absolute atomic E-state index is 9.66. The second-order valence-corrected chi connectivity index (χ2v) is 4.53. The van der Waals surface area contributed by atoms with Gasteiger partial charge in [0.1, 0.15) is 0 Å². The molecule has 2 nitrogen and oxygen atoms in total. The second-order valence-electron chi connectivity index (χ2n) is 4.53. The fourth-order valence-corrected chi connectivity index (χ4v) is 1.56. The zero-order valence-corrected chi connectivity index (χ0v) is 12.0. The molecule has 0 radical (unpaired) electrons. The van der Waals surface area contributed by atoms with Crippen molar-refractivity contribution in [3.63, 3.8) is 0 Å². The van der Waals surface area contributed by atoms with Gasteiger partial charge in [-0.2, -0.15) is 0 Å². The zero-order chi connectivity index (χ0) is 14.2. The third-order valence-electron chi connectivity index (χ3n) is 2.69. The Bertz CT molecular complexity index is 336. The normalized spacial score (nSPS) is 11.5. The van der Waals surface area contributed by atoms with Crippen molar-refractivity contribution in [2.24, 2.45) is 0 Å². The smallest absolute Gasteiger partial charge is 0.0730 e. The highest BCUT2D eigenvalue weighted by atomic mass is 16.3. The summed E-state index contributed by atoms with van der Waals surface area (Å²) < 4.78 is 0. The molecule has 1 atom stereocenters. The van der Waals surface area contributed by atoms with Gasteiger partial charge in [0, 0.05) is 13.0 Å². The Morgan fingerprint density at radius 3 is 2.58 bits per heavy atom. The summed E-state index contributed by atoms with van der Waals surface area (Å²) in [5, 5.41) is 18.2. The van der Waals surface area contributed by atoms with Crippen molar-refractivity contribution >= 4 is 0 Å². The molecule has 0 aromatic heterocycles. The Hall–Kier alpha value is -1.22. The van der Waals surface area contributed by atoms with Crippen LogP contribution in [0.2, 0.25) is 0 Å². The number of allylic oxidation sites excluding steroid dienone is 1. The predicted octanol–water partition coefficient (Wildman–Crippen LogP) is 3.04. The van der Waals surface area contributed by atoms with Crippen LogP contribution in [0.1, 0.15) is 58.3 Å². The van der Waals surface area contributed by atoms with Gasteiger partial charge in [-0.05, 0) is 36.8 Å². The monoisotopic (exact) mass is 262 g/mol. The van der Waals surface area contributed by atoms with Crippen LogP contribution in [-0.4, -0.2) is 22.9 Å². The van der Waals surface area contributed by atoms with Crippen molar-refractivity contribution < 1.29 is 10.2 Å². The number of unbranched alkanes of at least 4 members (excludes halogenated alkanes) is 5. The molecule has 19 heavy (non-hydrogen) atoms. The molecule has 0 saturated heterocycles. The topological polar surface area (TPSA) is 40.5 Å². The van der Waals surface area contributed by atoms with E-state index >= 15 is 0 Å². The fourth-order valence-electron chi connectivity index (χ4n) is 1.56. The maximum Gasteiger partial charge on any atom is 0.0730 e. The Kier molecular flexibility index (Phi) is 13.9. The highest BCUT2D eigenvalue weighted by Gasteiger charge is 1.97. The highest BCUT2D eigenvalue weighted by molar-refractivity contribution is 5.30. The van der Waals surface area contributed by atoms with Gasteiger partial charge in [0.15, 0.2) is 0 Å². The van der Waals surface area contributed by atoms with Gasteiger partial charge in [0.2, 0.25) is 0 Å². The van der Waals surface area contributed by atoms with Gasteiger partial charge in [-0.3, -0.25) is 0 Å². The number of hydrogen-bond acceptors (Lipinski definition) is 2. The van der Waals surface area contributed by atoms with Gasteiger partial charge in [-0.25, -0.2) is 0 Å². The molecule has 0 aliphatic heterocycles. The van der Waals surface area contributed by atoms with E-state index in [1.807, 2.05) is 0 Å². The van der Waals surface area contributed by atoms with Gasteiger partial charge in [0.25, 0.3) is 0 Å². The minimum absolute atomic E-state index is 0.173. The number of hydrogen-bond donors (Lipinski definition) is 2. The average Bonchev–Trinajstić information content (AvgIpc) is 2.41. The molecule has 0 spiro atoms. The molecule has 106 valence electrons. The van der Waals surface area contributed by atoms with E-state index in [1.165, 1.54) is 25.7 Å². The largest absolute Gasteiger partial charge is 0.396 e. The summed E-state index contributed by atoms with van der Waals surface area (Å²) in [7, 11) is 0. The molecule has 0 saturated carbocycles. The SMILES string of the molecule is CCCCCCC[C@H](O)C=CC#CC#CCCCO. The van der Waals surface area contributed by atoms with Gasteiger partial charge in [-0.1, -0.05) is 50.9 Å². The van der Waals surface area contributed by atoms with E-state index in [2.05, 4.69) is 30.6 Å². The van der Waals surface area contributed by atoms with Crippen molar-refractivity contribution in [3.05, 3.63) is 12.2 Å². The van der Waals surface area contributed by atoms with E-state index in [0.29, 0.717) is 12.8 Å². The van der Waals surface area contributed by atoms with E-state index in [-0.39, 0.29) is 6.61 Å². The molecule has 0 aliphatic rings.